The number of imidazole rings is 1. The molecular weight excluding hydrogens is 272 g/mol. The lowest BCUT2D eigenvalue weighted by atomic mass is 10.3. The van der Waals surface area contributed by atoms with Crippen molar-refractivity contribution in [3.8, 4) is 5.82 Å². The third-order valence-corrected chi connectivity index (χ3v) is 3.53. The van der Waals surface area contributed by atoms with Crippen LogP contribution < -0.4 is 5.32 Å². The molecule has 7 nitrogen and oxygen atoms in total. The van der Waals surface area contributed by atoms with Crippen LogP contribution in [0.5, 0.6) is 0 Å². The number of carbonyl (C=O) groups is 2. The molecule has 0 bridgehead atoms. The fraction of sp³-hybridized carbons (Fsp3) is 0.286. The number of pyridine rings is 1. The number of rotatable bonds is 4. The summed E-state index contributed by atoms with van der Waals surface area (Å²) in [5.74, 6) is -0.640. The van der Waals surface area contributed by atoms with Crippen molar-refractivity contribution in [3.63, 3.8) is 0 Å². The summed E-state index contributed by atoms with van der Waals surface area (Å²) < 4.78 is 1.83. The molecule has 2 atom stereocenters. The molecule has 0 unspecified atom stereocenters. The Kier molecular flexibility index (Phi) is 3.17. The number of amides is 1. The number of aromatic nitrogens is 3. The molecule has 2 aromatic rings. The van der Waals surface area contributed by atoms with Gasteiger partial charge in [-0.3, -0.25) is 14.2 Å². The molecule has 21 heavy (non-hydrogen) atoms. The average Bonchev–Trinajstić information content (AvgIpc) is 3.16. The highest BCUT2D eigenvalue weighted by Gasteiger charge is 2.48. The Labute approximate surface area is 120 Å². The van der Waals surface area contributed by atoms with Crippen molar-refractivity contribution in [2.75, 3.05) is 5.32 Å². The van der Waals surface area contributed by atoms with Crippen LogP contribution in [-0.2, 0) is 9.59 Å². The first kappa shape index (κ1) is 13.3. The lowest BCUT2D eigenvalue weighted by Crippen LogP contribution is -2.17. The van der Waals surface area contributed by atoms with Gasteiger partial charge >= 0.3 is 5.97 Å². The van der Waals surface area contributed by atoms with Crippen LogP contribution in [0.4, 0.5) is 5.69 Å². The molecule has 1 fully saturated rings. The molecular formula is C14H14N4O3. The van der Waals surface area contributed by atoms with Crippen LogP contribution in [0.3, 0.4) is 0 Å². The Morgan fingerprint density at radius 3 is 2.67 bits per heavy atom. The number of anilines is 1. The van der Waals surface area contributed by atoms with E-state index in [1.807, 2.05) is 11.5 Å². The number of hydrogen-bond acceptors (Lipinski definition) is 4. The van der Waals surface area contributed by atoms with Crippen molar-refractivity contribution in [1.82, 2.24) is 14.5 Å². The summed E-state index contributed by atoms with van der Waals surface area (Å²) in [6, 6.07) is 3.50. The minimum absolute atomic E-state index is 0.268. The summed E-state index contributed by atoms with van der Waals surface area (Å²) in [5, 5.41) is 11.5. The van der Waals surface area contributed by atoms with Gasteiger partial charge in [0.25, 0.3) is 0 Å². The molecule has 2 aromatic heterocycles. The number of carbonyl (C=O) groups excluding carboxylic acids is 1. The Balaban J connectivity index is 1.67. The normalized spacial score (nSPS) is 20.0. The number of carboxylic acids is 1. The molecule has 1 aliphatic rings. The van der Waals surface area contributed by atoms with Crippen molar-refractivity contribution in [3.05, 3.63) is 36.5 Å². The van der Waals surface area contributed by atoms with E-state index >= 15 is 0 Å². The predicted molar refractivity (Wildman–Crippen MR) is 74.0 cm³/mol. The zero-order chi connectivity index (χ0) is 15.0. The van der Waals surface area contributed by atoms with E-state index in [-0.39, 0.29) is 5.91 Å². The summed E-state index contributed by atoms with van der Waals surface area (Å²) in [4.78, 5) is 31.0. The van der Waals surface area contributed by atoms with Crippen molar-refractivity contribution in [2.24, 2.45) is 11.8 Å². The summed E-state index contributed by atoms with van der Waals surface area (Å²) in [5.41, 5.74) is 0.553. The lowest BCUT2D eigenvalue weighted by molar-refractivity contribution is -0.139. The fourth-order valence-electron chi connectivity index (χ4n) is 2.22. The van der Waals surface area contributed by atoms with Gasteiger partial charge in [-0.1, -0.05) is 0 Å². The minimum atomic E-state index is -0.917. The Morgan fingerprint density at radius 1 is 1.33 bits per heavy atom. The van der Waals surface area contributed by atoms with E-state index in [1.54, 1.807) is 30.7 Å². The van der Waals surface area contributed by atoms with E-state index in [9.17, 15) is 9.59 Å². The summed E-state index contributed by atoms with van der Waals surface area (Å²) in [6.07, 6.45) is 5.44. The van der Waals surface area contributed by atoms with Crippen LogP contribution in [0.15, 0.2) is 30.7 Å². The van der Waals surface area contributed by atoms with Gasteiger partial charge in [-0.25, -0.2) is 9.97 Å². The molecule has 0 aromatic carbocycles. The van der Waals surface area contributed by atoms with Gasteiger partial charge in [0.1, 0.15) is 11.6 Å². The number of hydrogen-bond donors (Lipinski definition) is 2. The minimum Gasteiger partial charge on any atom is -0.481 e. The Hall–Kier alpha value is -2.70. The van der Waals surface area contributed by atoms with Crippen LogP contribution in [0.25, 0.3) is 5.82 Å². The summed E-state index contributed by atoms with van der Waals surface area (Å²) in [7, 11) is 0. The molecule has 1 amide bonds. The zero-order valence-corrected chi connectivity index (χ0v) is 11.4. The number of aryl methyl sites for hydroxylation is 1. The van der Waals surface area contributed by atoms with Crippen molar-refractivity contribution < 1.29 is 14.7 Å². The number of nitrogens with zero attached hydrogens (tertiary/aromatic N) is 3. The van der Waals surface area contributed by atoms with E-state index in [4.69, 9.17) is 5.11 Å². The third kappa shape index (κ3) is 2.62. The molecule has 7 heteroatoms. The van der Waals surface area contributed by atoms with Crippen molar-refractivity contribution in [1.29, 1.82) is 0 Å². The second-order valence-corrected chi connectivity index (χ2v) is 5.03. The number of carboxylic acid groups (broad SMARTS) is 1. The Morgan fingerprint density at radius 2 is 2.14 bits per heavy atom. The second kappa shape index (κ2) is 5.01. The second-order valence-electron chi connectivity index (χ2n) is 5.03. The smallest absolute Gasteiger partial charge is 0.307 e. The zero-order valence-electron chi connectivity index (χ0n) is 11.4. The summed E-state index contributed by atoms with van der Waals surface area (Å²) >= 11 is 0. The van der Waals surface area contributed by atoms with Crippen molar-refractivity contribution >= 4 is 17.6 Å². The Bertz CT molecular complexity index is 692. The SMILES string of the molecule is Cc1nccn1-c1ccc(NC(=O)[C@@H]2C[C@@H]2C(=O)O)cn1. The van der Waals surface area contributed by atoms with Gasteiger partial charge in [-0.05, 0) is 25.5 Å². The van der Waals surface area contributed by atoms with E-state index in [0.717, 1.165) is 5.82 Å². The van der Waals surface area contributed by atoms with Gasteiger partial charge in [-0.2, -0.15) is 0 Å². The van der Waals surface area contributed by atoms with E-state index < -0.39 is 17.8 Å². The third-order valence-electron chi connectivity index (χ3n) is 3.53. The predicted octanol–water partition coefficient (Wildman–Crippen LogP) is 1.23. The highest BCUT2D eigenvalue weighted by atomic mass is 16.4. The molecule has 0 spiro atoms. The molecule has 108 valence electrons. The van der Waals surface area contributed by atoms with Gasteiger partial charge in [0.15, 0.2) is 0 Å². The quantitative estimate of drug-likeness (QED) is 0.881. The van der Waals surface area contributed by atoms with Gasteiger partial charge in [0.05, 0.1) is 23.7 Å². The lowest BCUT2D eigenvalue weighted by Gasteiger charge is -2.07. The van der Waals surface area contributed by atoms with Crippen LogP contribution in [-0.4, -0.2) is 31.5 Å². The van der Waals surface area contributed by atoms with Crippen LogP contribution >= 0.6 is 0 Å². The molecule has 2 N–H and O–H groups in total. The molecule has 3 rings (SSSR count). The van der Waals surface area contributed by atoms with Gasteiger partial charge < -0.3 is 10.4 Å². The van der Waals surface area contributed by atoms with Crippen LogP contribution in [0.1, 0.15) is 12.2 Å². The standard InChI is InChI=1S/C14H14N4O3/c1-8-15-4-5-18(8)12-3-2-9(7-16-12)17-13(19)10-6-11(10)14(20)21/h2-5,7,10-11H,6H2,1H3,(H,17,19)(H,20,21)/t10-,11+/m1/s1. The first-order valence-corrected chi connectivity index (χ1v) is 6.56. The van der Waals surface area contributed by atoms with Gasteiger partial charge in [-0.15, -0.1) is 0 Å². The maximum absolute atomic E-state index is 11.8. The van der Waals surface area contributed by atoms with Gasteiger partial charge in [0.2, 0.25) is 5.91 Å². The maximum Gasteiger partial charge on any atom is 0.307 e. The number of aliphatic carboxylic acids is 1. The van der Waals surface area contributed by atoms with E-state index in [2.05, 4.69) is 15.3 Å². The van der Waals surface area contributed by atoms with Gasteiger partial charge in [0, 0.05) is 12.4 Å². The highest BCUT2D eigenvalue weighted by molar-refractivity contribution is 5.98. The van der Waals surface area contributed by atoms with Crippen molar-refractivity contribution in [2.45, 2.75) is 13.3 Å². The molecule has 1 aliphatic carbocycles. The first-order valence-electron chi connectivity index (χ1n) is 6.56. The summed E-state index contributed by atoms with van der Waals surface area (Å²) in [6.45, 7) is 1.87. The van der Waals surface area contributed by atoms with E-state index in [1.165, 1.54) is 0 Å². The fourth-order valence-corrected chi connectivity index (χ4v) is 2.22. The first-order chi connectivity index (χ1) is 10.1. The molecule has 0 radical (unpaired) electrons. The average molecular weight is 286 g/mol. The molecule has 2 heterocycles. The van der Waals surface area contributed by atoms with E-state index in [0.29, 0.717) is 17.9 Å². The monoisotopic (exact) mass is 286 g/mol. The topological polar surface area (TPSA) is 97.1 Å². The maximum atomic E-state index is 11.8. The molecule has 1 saturated carbocycles. The van der Waals surface area contributed by atoms with Crippen LogP contribution in [0.2, 0.25) is 0 Å². The molecule has 0 aliphatic heterocycles. The number of nitrogens with one attached hydrogen (secondary N) is 1. The largest absolute Gasteiger partial charge is 0.481 e. The highest BCUT2D eigenvalue weighted by Crippen LogP contribution is 2.39. The molecule has 0 saturated heterocycles. The van der Waals surface area contributed by atoms with Crippen LogP contribution in [0, 0.1) is 18.8 Å².